The van der Waals surface area contributed by atoms with Crippen LogP contribution in [0, 0.1) is 5.92 Å². The molecule has 5 nitrogen and oxygen atoms in total. The molecule has 0 saturated heterocycles. The fraction of sp³-hybridized carbons (Fsp3) is 0.333. The molecule has 104 valence electrons. The lowest BCUT2D eigenvalue weighted by atomic mass is 10.1. The minimum absolute atomic E-state index is 0.207. The number of rotatable bonds is 4. The van der Waals surface area contributed by atoms with Crippen LogP contribution in [0.1, 0.15) is 13.3 Å². The molecule has 3 aromatic rings. The molecule has 0 fully saturated rings. The normalized spacial score (nSPS) is 13.1. The van der Waals surface area contributed by atoms with Crippen molar-refractivity contribution in [1.29, 1.82) is 0 Å². The van der Waals surface area contributed by atoms with Gasteiger partial charge in [0.25, 0.3) is 0 Å². The second-order valence-electron chi connectivity index (χ2n) is 5.23. The first-order valence-corrected chi connectivity index (χ1v) is 6.80. The maximum Gasteiger partial charge on any atom is 0.152 e. The van der Waals surface area contributed by atoms with Crippen molar-refractivity contribution in [3.63, 3.8) is 0 Å². The van der Waals surface area contributed by atoms with Crippen LogP contribution in [-0.4, -0.2) is 26.2 Å². The summed E-state index contributed by atoms with van der Waals surface area (Å²) in [6.07, 6.45) is 2.58. The first kappa shape index (κ1) is 12.9. The quantitative estimate of drug-likeness (QED) is 0.762. The van der Waals surface area contributed by atoms with Crippen molar-refractivity contribution in [3.05, 3.63) is 30.6 Å². The highest BCUT2D eigenvalue weighted by molar-refractivity contribution is 6.06. The zero-order chi connectivity index (χ0) is 14.1. The molecule has 1 atom stereocenters. The van der Waals surface area contributed by atoms with E-state index in [4.69, 9.17) is 10.8 Å². The summed E-state index contributed by atoms with van der Waals surface area (Å²) >= 11 is 0. The van der Waals surface area contributed by atoms with E-state index < -0.39 is 0 Å². The van der Waals surface area contributed by atoms with E-state index in [1.807, 2.05) is 30.6 Å². The zero-order valence-corrected chi connectivity index (χ0v) is 11.5. The number of hydrogen-bond acceptors (Lipinski definition) is 4. The van der Waals surface area contributed by atoms with Crippen LogP contribution >= 0.6 is 0 Å². The molecule has 0 aliphatic heterocycles. The van der Waals surface area contributed by atoms with E-state index >= 15 is 0 Å². The molecular weight excluding hydrogens is 252 g/mol. The molecule has 2 heterocycles. The van der Waals surface area contributed by atoms with Gasteiger partial charge in [-0.15, -0.1) is 0 Å². The molecule has 0 bridgehead atoms. The van der Waals surface area contributed by atoms with E-state index in [9.17, 15) is 0 Å². The van der Waals surface area contributed by atoms with Crippen molar-refractivity contribution in [2.75, 3.05) is 12.3 Å². The number of nitrogen functional groups attached to an aromatic ring is 1. The SMILES string of the molecule is CC(CCO)Cn1cnc2c(N)nc3ccccc3c21. The average Bonchev–Trinajstić information content (AvgIpc) is 2.84. The lowest BCUT2D eigenvalue weighted by Gasteiger charge is -2.12. The summed E-state index contributed by atoms with van der Waals surface area (Å²) in [7, 11) is 0. The Bertz CT molecular complexity index is 750. The van der Waals surface area contributed by atoms with Gasteiger partial charge in [0.2, 0.25) is 0 Å². The third kappa shape index (κ3) is 2.10. The predicted molar refractivity (Wildman–Crippen MR) is 80.3 cm³/mol. The number of hydrogen-bond donors (Lipinski definition) is 2. The van der Waals surface area contributed by atoms with Crippen LogP contribution in [0.25, 0.3) is 21.9 Å². The predicted octanol–water partition coefficient (Wildman–Crippen LogP) is 2.19. The van der Waals surface area contributed by atoms with E-state index in [1.165, 1.54) is 0 Å². The molecule has 2 aromatic heterocycles. The lowest BCUT2D eigenvalue weighted by Crippen LogP contribution is -2.08. The zero-order valence-electron chi connectivity index (χ0n) is 11.5. The third-order valence-electron chi connectivity index (χ3n) is 3.61. The molecule has 5 heteroatoms. The summed E-state index contributed by atoms with van der Waals surface area (Å²) in [4.78, 5) is 8.79. The molecule has 3 rings (SSSR count). The van der Waals surface area contributed by atoms with Crippen molar-refractivity contribution in [2.24, 2.45) is 5.92 Å². The highest BCUT2D eigenvalue weighted by atomic mass is 16.3. The van der Waals surface area contributed by atoms with Gasteiger partial charge in [-0.3, -0.25) is 0 Å². The number of aliphatic hydroxyl groups is 1. The number of benzene rings is 1. The van der Waals surface area contributed by atoms with E-state index in [-0.39, 0.29) is 6.61 Å². The molecule has 0 radical (unpaired) electrons. The van der Waals surface area contributed by atoms with Crippen LogP contribution < -0.4 is 5.73 Å². The number of fused-ring (bicyclic) bond motifs is 3. The van der Waals surface area contributed by atoms with Crippen LogP contribution in [0.3, 0.4) is 0 Å². The van der Waals surface area contributed by atoms with Crippen LogP contribution in [0.5, 0.6) is 0 Å². The van der Waals surface area contributed by atoms with Crippen LogP contribution in [0.15, 0.2) is 30.6 Å². The summed E-state index contributed by atoms with van der Waals surface area (Å²) in [6, 6.07) is 7.95. The van der Waals surface area contributed by atoms with Gasteiger partial charge in [-0.05, 0) is 18.4 Å². The van der Waals surface area contributed by atoms with Crippen LogP contribution in [0.4, 0.5) is 5.82 Å². The molecule has 20 heavy (non-hydrogen) atoms. The summed E-state index contributed by atoms with van der Waals surface area (Å²) in [5.41, 5.74) is 8.66. The molecule has 3 N–H and O–H groups in total. The van der Waals surface area contributed by atoms with Gasteiger partial charge in [0.05, 0.1) is 17.4 Å². The molecular formula is C15H18N4O. The van der Waals surface area contributed by atoms with E-state index in [0.29, 0.717) is 11.7 Å². The minimum atomic E-state index is 0.207. The third-order valence-corrected chi connectivity index (χ3v) is 3.61. The fourth-order valence-electron chi connectivity index (χ4n) is 2.59. The number of anilines is 1. The van der Waals surface area contributed by atoms with Crippen LogP contribution in [0.2, 0.25) is 0 Å². The van der Waals surface area contributed by atoms with Gasteiger partial charge >= 0.3 is 0 Å². The number of para-hydroxylation sites is 1. The second-order valence-corrected chi connectivity index (χ2v) is 5.23. The van der Waals surface area contributed by atoms with Crippen molar-refractivity contribution in [3.8, 4) is 0 Å². The second kappa shape index (κ2) is 5.09. The van der Waals surface area contributed by atoms with Gasteiger partial charge in [-0.1, -0.05) is 25.1 Å². The molecule has 1 unspecified atom stereocenters. The Morgan fingerprint density at radius 1 is 1.35 bits per heavy atom. The summed E-state index contributed by atoms with van der Waals surface area (Å²) in [6.45, 7) is 3.14. The van der Waals surface area contributed by atoms with Crippen molar-refractivity contribution in [1.82, 2.24) is 14.5 Å². The number of aliphatic hydroxyl groups excluding tert-OH is 1. The van der Waals surface area contributed by atoms with E-state index in [0.717, 1.165) is 34.9 Å². The highest BCUT2D eigenvalue weighted by Crippen LogP contribution is 2.27. The Kier molecular flexibility index (Phi) is 3.28. The van der Waals surface area contributed by atoms with Gasteiger partial charge < -0.3 is 15.4 Å². The Morgan fingerprint density at radius 2 is 2.15 bits per heavy atom. The van der Waals surface area contributed by atoms with Gasteiger partial charge in [-0.25, -0.2) is 9.97 Å². The van der Waals surface area contributed by atoms with Gasteiger partial charge in [0, 0.05) is 18.5 Å². The maximum absolute atomic E-state index is 9.04. The van der Waals surface area contributed by atoms with Gasteiger partial charge in [-0.2, -0.15) is 0 Å². The topological polar surface area (TPSA) is 77.0 Å². The summed E-state index contributed by atoms with van der Waals surface area (Å²) < 4.78 is 2.11. The van der Waals surface area contributed by atoms with Gasteiger partial charge in [0.15, 0.2) is 5.82 Å². The average molecular weight is 270 g/mol. The molecule has 0 aliphatic rings. The van der Waals surface area contributed by atoms with Crippen molar-refractivity contribution in [2.45, 2.75) is 19.9 Å². The molecule has 0 amide bonds. The fourth-order valence-corrected chi connectivity index (χ4v) is 2.59. The van der Waals surface area contributed by atoms with Crippen LogP contribution in [-0.2, 0) is 6.54 Å². The first-order chi connectivity index (χ1) is 9.70. The Labute approximate surface area is 117 Å². The number of nitrogens with zero attached hydrogens (tertiary/aromatic N) is 3. The summed E-state index contributed by atoms with van der Waals surface area (Å²) in [5, 5.41) is 10.1. The number of pyridine rings is 1. The number of aromatic nitrogens is 3. The first-order valence-electron chi connectivity index (χ1n) is 6.80. The minimum Gasteiger partial charge on any atom is -0.396 e. The highest BCUT2D eigenvalue weighted by Gasteiger charge is 2.13. The standard InChI is InChI=1S/C15H18N4O/c1-10(6-7-20)8-19-9-17-13-14(19)11-4-2-3-5-12(11)18-15(13)16/h2-5,9-10,20H,6-8H2,1H3,(H2,16,18). The smallest absolute Gasteiger partial charge is 0.152 e. The Morgan fingerprint density at radius 3 is 2.95 bits per heavy atom. The number of nitrogens with two attached hydrogens (primary N) is 1. The molecule has 1 aromatic carbocycles. The number of imidazole rings is 1. The Balaban J connectivity index is 2.18. The molecule has 0 aliphatic carbocycles. The largest absolute Gasteiger partial charge is 0.396 e. The van der Waals surface area contributed by atoms with Crippen molar-refractivity contribution >= 4 is 27.8 Å². The molecule has 0 spiro atoms. The van der Waals surface area contributed by atoms with Crippen molar-refractivity contribution < 1.29 is 5.11 Å². The monoisotopic (exact) mass is 270 g/mol. The lowest BCUT2D eigenvalue weighted by molar-refractivity contribution is 0.254. The van der Waals surface area contributed by atoms with E-state index in [1.54, 1.807) is 0 Å². The summed E-state index contributed by atoms with van der Waals surface area (Å²) in [5.74, 6) is 0.845. The Hall–Kier alpha value is -2.14. The van der Waals surface area contributed by atoms with Gasteiger partial charge in [0.1, 0.15) is 5.52 Å². The molecule has 0 saturated carbocycles. The maximum atomic E-state index is 9.04. The van der Waals surface area contributed by atoms with E-state index in [2.05, 4.69) is 21.5 Å².